The molecule has 0 spiro atoms. The van der Waals surface area contributed by atoms with E-state index in [1.165, 1.54) is 19.4 Å². The second-order valence-electron chi connectivity index (χ2n) is 11.1. The minimum atomic E-state index is -2.16. The van der Waals surface area contributed by atoms with Crippen molar-refractivity contribution in [2.75, 3.05) is 20.3 Å². The van der Waals surface area contributed by atoms with Crippen LogP contribution in [0.25, 0.3) is 22.2 Å². The molecule has 6 rings (SSSR count). The van der Waals surface area contributed by atoms with E-state index in [2.05, 4.69) is 20.6 Å². The highest BCUT2D eigenvalue weighted by Gasteiger charge is 2.38. The molecule has 15 heteroatoms. The fourth-order valence-electron chi connectivity index (χ4n) is 5.30. The monoisotopic (exact) mass is 666 g/mol. The summed E-state index contributed by atoms with van der Waals surface area (Å²) in [5.41, 5.74) is 3.81. The summed E-state index contributed by atoms with van der Waals surface area (Å²) >= 11 is 6.00. The number of fused-ring (bicyclic) bond motifs is 1. The lowest BCUT2D eigenvalue weighted by Gasteiger charge is -2.28. The molecule has 1 saturated carbocycles. The van der Waals surface area contributed by atoms with Crippen LogP contribution in [0.2, 0.25) is 5.02 Å². The molecule has 12 nitrogen and oxygen atoms in total. The smallest absolute Gasteiger partial charge is 0.251 e. The molecular weight excluding hydrogens is 638 g/mol. The molecule has 0 radical (unpaired) electrons. The summed E-state index contributed by atoms with van der Waals surface area (Å²) in [5, 5.41) is 23.6. The lowest BCUT2D eigenvalue weighted by atomic mass is 9.89. The van der Waals surface area contributed by atoms with Crippen molar-refractivity contribution in [1.29, 1.82) is 0 Å². The number of primary amides is 1. The molecule has 0 aliphatic heterocycles. The first-order valence-corrected chi connectivity index (χ1v) is 15.0. The van der Waals surface area contributed by atoms with Gasteiger partial charge in [-0.1, -0.05) is 16.8 Å². The van der Waals surface area contributed by atoms with E-state index in [0.717, 1.165) is 25.2 Å². The summed E-state index contributed by atoms with van der Waals surface area (Å²) < 4.78 is 47.5. The highest BCUT2D eigenvalue weighted by Crippen LogP contribution is 2.40. The zero-order valence-corrected chi connectivity index (χ0v) is 26.0. The third-order valence-electron chi connectivity index (χ3n) is 7.80. The number of benzene rings is 2. The zero-order chi connectivity index (χ0) is 33.5. The van der Waals surface area contributed by atoms with Crippen LogP contribution in [0.15, 0.2) is 53.5 Å². The van der Waals surface area contributed by atoms with Crippen LogP contribution >= 0.6 is 11.6 Å². The summed E-state index contributed by atoms with van der Waals surface area (Å²) in [7, 11) is 1.48. The predicted octanol–water partition coefficient (Wildman–Crippen LogP) is 4.45. The normalized spacial score (nSPS) is 14.2. The van der Waals surface area contributed by atoms with Gasteiger partial charge in [0.15, 0.2) is 5.60 Å². The molecule has 1 aliphatic rings. The molecule has 2 amide bonds. The molecular formula is C32H29ClF2N6O6. The first-order chi connectivity index (χ1) is 22.5. The van der Waals surface area contributed by atoms with Gasteiger partial charge in [0.25, 0.3) is 5.91 Å². The van der Waals surface area contributed by atoms with Crippen LogP contribution < -0.4 is 20.5 Å². The van der Waals surface area contributed by atoms with Gasteiger partial charge in [0.2, 0.25) is 5.91 Å². The number of methoxy groups -OCH3 is 1. The Kier molecular flexibility index (Phi) is 8.55. The molecule has 0 unspecified atom stereocenters. The number of halogens is 3. The fourth-order valence-corrected chi connectivity index (χ4v) is 5.47. The number of carbonyl (C=O) groups is 2. The quantitative estimate of drug-likeness (QED) is 0.163. The zero-order valence-electron chi connectivity index (χ0n) is 25.2. The Hall–Kier alpha value is -5.08. The Morgan fingerprint density at radius 1 is 1.21 bits per heavy atom. The first kappa shape index (κ1) is 31.9. The van der Waals surface area contributed by atoms with Crippen molar-refractivity contribution < 1.29 is 37.5 Å². The molecule has 244 valence electrons. The SMILES string of the molecule is CCOc1c(CC(N)=O)cc([C@@](O)(CNC(=O)c2cc(OC)c3nn(C4CC4)cc3c2)c2cnoc2)nc1-c1cc(Cl)c(F)cc1F. The molecule has 0 bridgehead atoms. The van der Waals surface area contributed by atoms with E-state index in [0.29, 0.717) is 28.8 Å². The van der Waals surface area contributed by atoms with Crippen LogP contribution in [0.5, 0.6) is 11.5 Å². The molecule has 1 fully saturated rings. The van der Waals surface area contributed by atoms with Crippen molar-refractivity contribution in [2.24, 2.45) is 5.73 Å². The fraction of sp³-hybridized carbons (Fsp3) is 0.281. The summed E-state index contributed by atoms with van der Waals surface area (Å²) in [6.45, 7) is 1.25. The number of amides is 2. The predicted molar refractivity (Wildman–Crippen MR) is 165 cm³/mol. The molecule has 4 N–H and O–H groups in total. The summed E-state index contributed by atoms with van der Waals surface area (Å²) in [6.07, 6.45) is 5.87. The second-order valence-corrected chi connectivity index (χ2v) is 11.5. The number of aromatic nitrogens is 4. The van der Waals surface area contributed by atoms with E-state index in [1.54, 1.807) is 19.1 Å². The van der Waals surface area contributed by atoms with Crippen LogP contribution in [0.3, 0.4) is 0 Å². The molecule has 5 aromatic rings. The van der Waals surface area contributed by atoms with Crippen LogP contribution in [-0.2, 0) is 16.8 Å². The van der Waals surface area contributed by atoms with E-state index >= 15 is 4.39 Å². The topological polar surface area (TPSA) is 168 Å². The number of hydrogen-bond acceptors (Lipinski definition) is 9. The van der Waals surface area contributed by atoms with E-state index in [4.69, 9.17) is 31.3 Å². The van der Waals surface area contributed by atoms with Crippen LogP contribution in [0.4, 0.5) is 8.78 Å². The first-order valence-electron chi connectivity index (χ1n) is 14.6. The standard InChI is InChI=1S/C32H29ClF2N6O6/c1-3-46-30-16(9-27(36)42)8-26(39-29(30)21-10-22(33)24(35)11-23(21)34)32(44,19-12-38-47-14-19)15-37-31(43)17-6-18-13-41(20-4-5-20)40-28(18)25(7-17)45-2/h6-8,10-14,20,44H,3-5,9,15H2,1-2H3,(H2,36,42)(H,37,43)/t32-/m1/s1. The maximum atomic E-state index is 15.2. The molecule has 2 aromatic carbocycles. The Balaban J connectivity index is 1.43. The van der Waals surface area contributed by atoms with Gasteiger partial charge < -0.3 is 30.2 Å². The minimum Gasteiger partial charge on any atom is -0.494 e. The second kappa shape index (κ2) is 12.6. The number of carbonyl (C=O) groups excluding carboxylic acids is 2. The third-order valence-corrected chi connectivity index (χ3v) is 8.09. The molecule has 1 atom stereocenters. The van der Waals surface area contributed by atoms with Gasteiger partial charge >= 0.3 is 0 Å². The average molecular weight is 667 g/mol. The van der Waals surface area contributed by atoms with Gasteiger partial charge in [0.1, 0.15) is 40.6 Å². The minimum absolute atomic E-state index is 0.0273. The Labute approximate surface area is 271 Å². The maximum absolute atomic E-state index is 15.2. The van der Waals surface area contributed by atoms with Gasteiger partial charge in [0.05, 0.1) is 55.2 Å². The molecule has 3 heterocycles. The number of ether oxygens (including phenoxy) is 2. The molecule has 3 aromatic heterocycles. The Bertz CT molecular complexity index is 2000. The number of pyridine rings is 1. The largest absolute Gasteiger partial charge is 0.494 e. The van der Waals surface area contributed by atoms with Crippen molar-refractivity contribution in [2.45, 2.75) is 37.8 Å². The van der Waals surface area contributed by atoms with Gasteiger partial charge in [-0.05, 0) is 44.0 Å². The van der Waals surface area contributed by atoms with Crippen LogP contribution in [0, 0.1) is 11.6 Å². The number of nitrogens with one attached hydrogen (secondary N) is 1. The highest BCUT2D eigenvalue weighted by atomic mass is 35.5. The number of nitrogens with two attached hydrogens (primary N) is 1. The number of nitrogens with zero attached hydrogens (tertiary/aromatic N) is 4. The average Bonchev–Trinajstić information content (AvgIpc) is 3.55. The molecule has 1 aliphatic carbocycles. The third kappa shape index (κ3) is 6.21. The van der Waals surface area contributed by atoms with E-state index in [9.17, 15) is 19.1 Å². The Morgan fingerprint density at radius 3 is 2.66 bits per heavy atom. The maximum Gasteiger partial charge on any atom is 0.251 e. The van der Waals surface area contributed by atoms with Gasteiger partial charge in [-0.3, -0.25) is 14.3 Å². The summed E-state index contributed by atoms with van der Waals surface area (Å²) in [4.78, 5) is 30.2. The number of hydrogen-bond donors (Lipinski definition) is 3. The molecule has 47 heavy (non-hydrogen) atoms. The summed E-state index contributed by atoms with van der Waals surface area (Å²) in [5.74, 6) is -2.99. The number of aliphatic hydroxyl groups is 1. The van der Waals surface area contributed by atoms with Crippen molar-refractivity contribution in [3.05, 3.63) is 88.0 Å². The number of rotatable bonds is 12. The molecule has 0 saturated heterocycles. The van der Waals surface area contributed by atoms with Crippen LogP contribution in [-0.4, -0.2) is 57.1 Å². The lowest BCUT2D eigenvalue weighted by molar-refractivity contribution is -0.117. The van der Waals surface area contributed by atoms with Gasteiger partial charge in [-0.2, -0.15) is 5.10 Å². The lowest BCUT2D eigenvalue weighted by Crippen LogP contribution is -2.42. The van der Waals surface area contributed by atoms with Crippen molar-refractivity contribution >= 4 is 34.3 Å². The van der Waals surface area contributed by atoms with Gasteiger partial charge in [-0.15, -0.1) is 0 Å². The van der Waals surface area contributed by atoms with Gasteiger partial charge in [0, 0.05) is 34.3 Å². The summed E-state index contributed by atoms with van der Waals surface area (Å²) in [6, 6.07) is 6.47. The van der Waals surface area contributed by atoms with Gasteiger partial charge in [-0.25, -0.2) is 13.8 Å². The van der Waals surface area contributed by atoms with E-state index < -0.39 is 47.0 Å². The van der Waals surface area contributed by atoms with Crippen molar-refractivity contribution in [1.82, 2.24) is 25.2 Å². The van der Waals surface area contributed by atoms with E-state index in [1.807, 2.05) is 10.9 Å². The Morgan fingerprint density at radius 2 is 2.00 bits per heavy atom. The van der Waals surface area contributed by atoms with Crippen LogP contribution in [0.1, 0.15) is 53.0 Å². The highest BCUT2D eigenvalue weighted by molar-refractivity contribution is 6.31. The van der Waals surface area contributed by atoms with E-state index in [-0.39, 0.29) is 46.0 Å². The van der Waals surface area contributed by atoms with Crippen molar-refractivity contribution in [3.63, 3.8) is 0 Å². The van der Waals surface area contributed by atoms with Crippen molar-refractivity contribution in [3.8, 4) is 22.8 Å².